The van der Waals surface area contributed by atoms with Crippen LogP contribution in [0, 0.1) is 6.92 Å². The first-order valence-electron chi connectivity index (χ1n) is 47.2. The molecular formula is C131H103N3. The second-order valence-electron chi connectivity index (χ2n) is 39.5. The minimum atomic E-state index is 0.0189. The first-order chi connectivity index (χ1) is 65.3. The maximum Gasteiger partial charge on any atom is 0.0541 e. The van der Waals surface area contributed by atoms with E-state index in [1.807, 2.05) is 0 Å². The number of benzene rings is 22. The Morgan fingerprint density at radius 1 is 0.149 bits per heavy atom. The van der Waals surface area contributed by atoms with Crippen molar-refractivity contribution < 1.29 is 0 Å². The molecule has 0 aliphatic rings. The van der Waals surface area contributed by atoms with Crippen molar-refractivity contribution in [2.45, 2.75) is 85.5 Å². The van der Waals surface area contributed by atoms with E-state index in [4.69, 9.17) is 0 Å². The molecule has 0 atom stereocenters. The van der Waals surface area contributed by atoms with Gasteiger partial charge in [-0.15, -0.1) is 0 Å². The molecule has 0 bridgehead atoms. The van der Waals surface area contributed by atoms with Gasteiger partial charge in [0.2, 0.25) is 0 Å². The Hall–Kier alpha value is -15.9. The van der Waals surface area contributed by atoms with Crippen LogP contribution in [0.15, 0.2) is 443 Å². The molecule has 22 aromatic carbocycles. The second kappa shape index (κ2) is 32.9. The Bertz CT molecular complexity index is 8830. The average molecular weight is 1720 g/mol. The molecule has 0 saturated carbocycles. The van der Waals surface area contributed by atoms with Gasteiger partial charge in [0.05, 0.1) is 33.1 Å². The topological polar surface area (TPSA) is 14.8 Å². The summed E-state index contributed by atoms with van der Waals surface area (Å²) in [6, 6.07) is 164. The zero-order valence-corrected chi connectivity index (χ0v) is 77.5. The lowest BCUT2D eigenvalue weighted by Crippen LogP contribution is -2.10. The van der Waals surface area contributed by atoms with Crippen molar-refractivity contribution in [1.82, 2.24) is 13.7 Å². The number of hydrogen-bond acceptors (Lipinski definition) is 0. The van der Waals surface area contributed by atoms with Crippen LogP contribution < -0.4 is 0 Å². The van der Waals surface area contributed by atoms with E-state index in [-0.39, 0.29) is 16.2 Å². The molecule has 0 aliphatic carbocycles. The van der Waals surface area contributed by atoms with E-state index in [0.29, 0.717) is 0 Å². The van der Waals surface area contributed by atoms with Crippen molar-refractivity contribution in [2.24, 2.45) is 0 Å². The van der Waals surface area contributed by atoms with E-state index in [0.717, 1.165) is 0 Å². The molecule has 3 nitrogen and oxygen atoms in total. The van der Waals surface area contributed by atoms with E-state index in [2.05, 4.69) is 526 Å². The third-order valence-corrected chi connectivity index (χ3v) is 28.0. The van der Waals surface area contributed by atoms with Crippen LogP contribution in [0.2, 0.25) is 0 Å². The molecule has 0 fully saturated rings. The molecule has 0 N–H and O–H groups in total. The first-order valence-corrected chi connectivity index (χ1v) is 47.2. The number of nitrogens with zero attached hydrogens (tertiary/aromatic N) is 3. The molecule has 0 amide bonds. The van der Waals surface area contributed by atoms with Crippen LogP contribution in [0.3, 0.4) is 0 Å². The summed E-state index contributed by atoms with van der Waals surface area (Å²) in [4.78, 5) is 0. The molecule has 0 saturated heterocycles. The Morgan fingerprint density at radius 3 is 0.687 bits per heavy atom. The first kappa shape index (κ1) is 82.5. The maximum absolute atomic E-state index is 2.45. The molecule has 642 valence electrons. The highest BCUT2D eigenvalue weighted by molar-refractivity contribution is 6.26. The highest BCUT2D eigenvalue weighted by Gasteiger charge is 2.28. The third kappa shape index (κ3) is 14.3. The van der Waals surface area contributed by atoms with Gasteiger partial charge in [-0.25, -0.2) is 0 Å². The summed E-state index contributed by atoms with van der Waals surface area (Å²) in [6.45, 7) is 22.9. The summed E-state index contributed by atoms with van der Waals surface area (Å²) in [5.41, 5.74) is 31.5. The zero-order valence-electron chi connectivity index (χ0n) is 77.5. The van der Waals surface area contributed by atoms with E-state index in [1.54, 1.807) is 0 Å². The summed E-state index contributed by atoms with van der Waals surface area (Å²) in [5, 5.41) is 25.6. The predicted molar refractivity (Wildman–Crippen MR) is 578 cm³/mol. The molecule has 0 radical (unpaired) electrons. The standard InChI is InChI=1S/C46H35N.C43H35N.C42H33N/c1-46(2,3)34-25-26-40-41(29-34)45(39-20-7-6-19-38(39)44(40)33-24-23-30-13-4-5-14-31(30)27-33)32-15-12-16-35(28-32)47-42-21-10-8-17-36(42)37-18-9-11-22-43(37)47;1-28-20-22-29(23-21-28)41-35-16-5-6-17-36(35)42(38-27-31(43(2,3)4)24-25-37(38)41)30-12-11-13-32(26-30)44-39-18-9-7-14-33(39)34-15-8-10-19-40(34)44;1-42(2,3)30-24-25-36-37(27-30)40(28-14-5-4-6-15-28)34-20-7-8-21-35(34)41(36)29-16-13-17-31(26-29)43-38-22-11-9-18-32(38)33-19-10-12-23-39(33)43/h4-29H,1-3H3;5-27H,1-4H3;4-27H,1-3H3. The van der Waals surface area contributed by atoms with Gasteiger partial charge in [0.15, 0.2) is 0 Å². The molecule has 3 aromatic heterocycles. The number of aryl methyl sites for hydroxylation is 1. The monoisotopic (exact) mass is 1720 g/mol. The smallest absolute Gasteiger partial charge is 0.0541 e. The van der Waals surface area contributed by atoms with Gasteiger partial charge in [0.1, 0.15) is 0 Å². The number of hydrogen-bond donors (Lipinski definition) is 0. The summed E-state index contributed by atoms with van der Waals surface area (Å²) in [6.07, 6.45) is 0. The number of rotatable bonds is 9. The minimum Gasteiger partial charge on any atom is -0.309 e. The molecule has 0 spiro atoms. The Kier molecular flexibility index (Phi) is 20.2. The van der Waals surface area contributed by atoms with Crippen LogP contribution in [0.1, 0.15) is 84.6 Å². The van der Waals surface area contributed by atoms with Crippen LogP contribution in [0.4, 0.5) is 0 Å². The fourth-order valence-electron chi connectivity index (χ4n) is 21.5. The zero-order chi connectivity index (χ0) is 90.8. The van der Waals surface area contributed by atoms with E-state index in [9.17, 15) is 0 Å². The molecule has 25 rings (SSSR count). The number of fused-ring (bicyclic) bond motifs is 16. The van der Waals surface area contributed by atoms with Gasteiger partial charge in [-0.3, -0.25) is 0 Å². The van der Waals surface area contributed by atoms with Gasteiger partial charge < -0.3 is 13.7 Å². The molecular weight excluding hydrogens is 1620 g/mol. The van der Waals surface area contributed by atoms with Crippen molar-refractivity contribution in [3.63, 3.8) is 0 Å². The molecule has 0 aliphatic heterocycles. The van der Waals surface area contributed by atoms with Gasteiger partial charge in [0, 0.05) is 49.4 Å². The third-order valence-electron chi connectivity index (χ3n) is 28.0. The van der Waals surface area contributed by atoms with E-state index in [1.165, 1.54) is 247 Å². The molecule has 134 heavy (non-hydrogen) atoms. The lowest BCUT2D eigenvalue weighted by molar-refractivity contribution is 0.591. The second-order valence-corrected chi connectivity index (χ2v) is 39.5. The predicted octanol–water partition coefficient (Wildman–Crippen LogP) is 36.6. The van der Waals surface area contributed by atoms with Crippen molar-refractivity contribution in [2.75, 3.05) is 0 Å². The largest absolute Gasteiger partial charge is 0.309 e. The normalized spacial score (nSPS) is 12.1. The SMILES string of the molecule is CC(C)(C)c1ccc2c(-c3ccc4ccccc4c3)c3ccccc3c(-c3cccc(-n4c5ccccc5c5ccccc54)c3)c2c1.CC(C)(C)c1ccc2c(-c3cccc(-n4c5ccccc5c5ccccc54)c3)c3ccccc3c(-c3ccccc3)c2c1.Cc1ccc(-c2c3ccccc3c(-c3cccc(-n4c5ccccc5c5ccccc54)c3)c3cc(C(C)(C)C)ccc23)cc1. The highest BCUT2D eigenvalue weighted by Crippen LogP contribution is 2.51. The summed E-state index contributed by atoms with van der Waals surface area (Å²) < 4.78 is 7.25. The highest BCUT2D eigenvalue weighted by atomic mass is 15.0. The van der Waals surface area contributed by atoms with Crippen LogP contribution in [0.25, 0.3) is 225 Å². The van der Waals surface area contributed by atoms with Crippen molar-refractivity contribution in [1.29, 1.82) is 0 Å². The molecule has 3 heterocycles. The van der Waals surface area contributed by atoms with Crippen LogP contribution in [-0.4, -0.2) is 13.7 Å². The van der Waals surface area contributed by atoms with Crippen molar-refractivity contribution in [3.05, 3.63) is 465 Å². The summed E-state index contributed by atoms with van der Waals surface area (Å²) in [7, 11) is 0. The van der Waals surface area contributed by atoms with Crippen LogP contribution in [0.5, 0.6) is 0 Å². The van der Waals surface area contributed by atoms with Crippen molar-refractivity contribution in [3.8, 4) is 83.8 Å². The van der Waals surface area contributed by atoms with Gasteiger partial charge in [-0.2, -0.15) is 0 Å². The van der Waals surface area contributed by atoms with Gasteiger partial charge in [0.25, 0.3) is 0 Å². The van der Waals surface area contributed by atoms with E-state index >= 15 is 0 Å². The summed E-state index contributed by atoms with van der Waals surface area (Å²) in [5.74, 6) is 0. The quantitative estimate of drug-likeness (QED) is 0.128. The lowest BCUT2D eigenvalue weighted by Gasteiger charge is -2.23. The molecule has 0 unspecified atom stereocenters. The fraction of sp³-hybridized carbons (Fsp3) is 0.0992. The summed E-state index contributed by atoms with van der Waals surface area (Å²) >= 11 is 0. The average Bonchev–Trinajstić information content (AvgIpc) is 0.979. The van der Waals surface area contributed by atoms with Crippen molar-refractivity contribution >= 4 is 141 Å². The van der Waals surface area contributed by atoms with Crippen LogP contribution in [-0.2, 0) is 16.2 Å². The Morgan fingerprint density at radius 2 is 0.373 bits per heavy atom. The lowest BCUT2D eigenvalue weighted by atomic mass is 9.81. The molecule has 25 aromatic rings. The van der Waals surface area contributed by atoms with Gasteiger partial charge >= 0.3 is 0 Å². The van der Waals surface area contributed by atoms with Gasteiger partial charge in [-0.05, 0) is 279 Å². The van der Waals surface area contributed by atoms with Gasteiger partial charge in [-0.1, -0.05) is 414 Å². The van der Waals surface area contributed by atoms with E-state index < -0.39 is 0 Å². The number of para-hydroxylation sites is 6. The minimum absolute atomic E-state index is 0.0189. The maximum atomic E-state index is 2.45. The van der Waals surface area contributed by atoms with Crippen LogP contribution >= 0.6 is 0 Å². The fourth-order valence-corrected chi connectivity index (χ4v) is 21.5. The molecule has 3 heteroatoms. The number of aromatic nitrogens is 3. The Labute approximate surface area is 783 Å². The Balaban J connectivity index is 0.000000114.